The van der Waals surface area contributed by atoms with Gasteiger partial charge in [-0.1, -0.05) is 13.3 Å². The van der Waals surface area contributed by atoms with Crippen molar-refractivity contribution in [2.24, 2.45) is 0 Å². The van der Waals surface area contributed by atoms with Gasteiger partial charge in [0, 0.05) is 5.69 Å². The largest absolute Gasteiger partial charge is 0.345 e. The van der Waals surface area contributed by atoms with Gasteiger partial charge >= 0.3 is 0 Å². The highest BCUT2D eigenvalue weighted by molar-refractivity contribution is 5.12. The molecule has 0 fully saturated rings. The van der Waals surface area contributed by atoms with E-state index in [-0.39, 0.29) is 0 Å². The van der Waals surface area contributed by atoms with E-state index in [4.69, 9.17) is 0 Å². The van der Waals surface area contributed by atoms with E-state index in [0.717, 1.165) is 25.2 Å². The van der Waals surface area contributed by atoms with Gasteiger partial charge in [0.05, 0.1) is 12.2 Å². The predicted molar refractivity (Wildman–Crippen MR) is 50.1 cm³/mol. The lowest BCUT2D eigenvalue weighted by molar-refractivity contribution is 0.765. The third-order valence-electron chi connectivity index (χ3n) is 1.87. The van der Waals surface area contributed by atoms with Crippen molar-refractivity contribution >= 4 is 0 Å². The monoisotopic (exact) mass is 167 g/mol. The van der Waals surface area contributed by atoms with Crippen molar-refractivity contribution in [1.82, 2.24) is 15.3 Å². The Balaban J connectivity index is 2.70. The molecule has 0 saturated heterocycles. The van der Waals surface area contributed by atoms with E-state index in [9.17, 15) is 0 Å². The standard InChI is InChI=1S/C9H17N3/c1-4-5-8-7(2)11-9(12-8)6-10-3/h10H,4-6H2,1-3H3,(H,11,12). The quantitative estimate of drug-likeness (QED) is 0.711. The molecule has 0 aliphatic carbocycles. The van der Waals surface area contributed by atoms with E-state index in [1.807, 2.05) is 7.05 Å². The Labute approximate surface area is 73.6 Å². The first-order valence-electron chi connectivity index (χ1n) is 4.46. The zero-order chi connectivity index (χ0) is 8.97. The third-order valence-corrected chi connectivity index (χ3v) is 1.87. The van der Waals surface area contributed by atoms with Crippen molar-refractivity contribution in [3.05, 3.63) is 17.2 Å². The highest BCUT2D eigenvalue weighted by Gasteiger charge is 2.03. The lowest BCUT2D eigenvalue weighted by Gasteiger charge is -1.91. The van der Waals surface area contributed by atoms with Crippen molar-refractivity contribution in [3.8, 4) is 0 Å². The van der Waals surface area contributed by atoms with E-state index in [2.05, 4.69) is 29.1 Å². The van der Waals surface area contributed by atoms with Gasteiger partial charge in [-0.05, 0) is 20.4 Å². The van der Waals surface area contributed by atoms with Gasteiger partial charge in [-0.2, -0.15) is 0 Å². The lowest BCUT2D eigenvalue weighted by atomic mass is 10.2. The van der Waals surface area contributed by atoms with Gasteiger partial charge in [0.25, 0.3) is 0 Å². The van der Waals surface area contributed by atoms with Gasteiger partial charge in [0.15, 0.2) is 0 Å². The summed E-state index contributed by atoms with van der Waals surface area (Å²) in [5.41, 5.74) is 2.42. The molecule has 0 spiro atoms. The molecular formula is C9H17N3. The number of imidazole rings is 1. The molecule has 0 saturated carbocycles. The molecule has 1 aromatic rings. The highest BCUT2D eigenvalue weighted by Crippen LogP contribution is 2.06. The predicted octanol–water partition coefficient (Wildman–Crippen LogP) is 1.39. The Morgan fingerprint density at radius 3 is 2.83 bits per heavy atom. The molecule has 12 heavy (non-hydrogen) atoms. The van der Waals surface area contributed by atoms with Crippen LogP contribution in [0.5, 0.6) is 0 Å². The molecule has 0 bridgehead atoms. The third kappa shape index (κ3) is 2.08. The van der Waals surface area contributed by atoms with Crippen LogP contribution in [0.1, 0.15) is 30.6 Å². The first-order valence-corrected chi connectivity index (χ1v) is 4.46. The first-order chi connectivity index (χ1) is 5.77. The molecule has 2 N–H and O–H groups in total. The Hall–Kier alpha value is -0.830. The number of aromatic nitrogens is 2. The average Bonchev–Trinajstić information content (AvgIpc) is 2.34. The number of hydrogen-bond acceptors (Lipinski definition) is 2. The number of aromatic amines is 1. The minimum absolute atomic E-state index is 0.824. The Kier molecular flexibility index (Phi) is 3.29. The van der Waals surface area contributed by atoms with Gasteiger partial charge in [0.1, 0.15) is 5.82 Å². The molecule has 3 nitrogen and oxygen atoms in total. The molecular weight excluding hydrogens is 150 g/mol. The van der Waals surface area contributed by atoms with Crippen molar-refractivity contribution in [3.63, 3.8) is 0 Å². The van der Waals surface area contributed by atoms with Crippen molar-refractivity contribution in [2.45, 2.75) is 33.2 Å². The van der Waals surface area contributed by atoms with Crippen LogP contribution in [0, 0.1) is 6.92 Å². The van der Waals surface area contributed by atoms with Crippen LogP contribution in [-0.4, -0.2) is 17.0 Å². The smallest absolute Gasteiger partial charge is 0.120 e. The maximum absolute atomic E-state index is 4.47. The average molecular weight is 167 g/mol. The highest BCUT2D eigenvalue weighted by atomic mass is 15.0. The second-order valence-corrected chi connectivity index (χ2v) is 3.04. The fourth-order valence-corrected chi connectivity index (χ4v) is 1.29. The molecule has 0 aromatic carbocycles. The van der Waals surface area contributed by atoms with Crippen LogP contribution in [0.15, 0.2) is 0 Å². The van der Waals surface area contributed by atoms with Crippen LogP contribution in [0.2, 0.25) is 0 Å². The number of hydrogen-bond donors (Lipinski definition) is 2. The number of nitrogens with zero attached hydrogens (tertiary/aromatic N) is 1. The van der Waals surface area contributed by atoms with E-state index in [1.165, 1.54) is 11.4 Å². The van der Waals surface area contributed by atoms with Crippen LogP contribution in [0.4, 0.5) is 0 Å². The van der Waals surface area contributed by atoms with Crippen LogP contribution >= 0.6 is 0 Å². The Morgan fingerprint density at radius 2 is 2.25 bits per heavy atom. The number of aryl methyl sites for hydroxylation is 2. The summed E-state index contributed by atoms with van der Waals surface area (Å²) < 4.78 is 0. The topological polar surface area (TPSA) is 40.7 Å². The zero-order valence-corrected chi connectivity index (χ0v) is 8.07. The molecule has 1 aromatic heterocycles. The normalized spacial score (nSPS) is 10.6. The van der Waals surface area contributed by atoms with E-state index >= 15 is 0 Å². The molecule has 1 rings (SSSR count). The molecule has 0 aliphatic heterocycles. The number of rotatable bonds is 4. The van der Waals surface area contributed by atoms with Gasteiger partial charge in [-0.15, -0.1) is 0 Å². The molecule has 0 amide bonds. The summed E-state index contributed by atoms with van der Waals surface area (Å²) in [5, 5.41) is 3.07. The van der Waals surface area contributed by atoms with Gasteiger partial charge in [0.2, 0.25) is 0 Å². The second kappa shape index (κ2) is 4.26. The summed E-state index contributed by atoms with van der Waals surface area (Å²) in [4.78, 5) is 7.73. The van der Waals surface area contributed by atoms with Gasteiger partial charge in [-0.3, -0.25) is 0 Å². The second-order valence-electron chi connectivity index (χ2n) is 3.04. The molecule has 0 unspecified atom stereocenters. The van der Waals surface area contributed by atoms with Crippen molar-refractivity contribution in [1.29, 1.82) is 0 Å². The maximum Gasteiger partial charge on any atom is 0.120 e. The summed E-state index contributed by atoms with van der Waals surface area (Å²) >= 11 is 0. The lowest BCUT2D eigenvalue weighted by Crippen LogP contribution is -2.06. The minimum Gasteiger partial charge on any atom is -0.345 e. The SMILES string of the molecule is CCCc1nc(CNC)[nH]c1C. The van der Waals surface area contributed by atoms with Gasteiger partial charge < -0.3 is 10.3 Å². The van der Waals surface area contributed by atoms with Crippen molar-refractivity contribution in [2.75, 3.05) is 7.05 Å². The molecule has 0 radical (unpaired) electrons. The van der Waals surface area contributed by atoms with E-state index in [0.29, 0.717) is 0 Å². The summed E-state index contributed by atoms with van der Waals surface area (Å²) in [6.07, 6.45) is 2.23. The molecule has 68 valence electrons. The van der Waals surface area contributed by atoms with Crippen LogP contribution in [0.25, 0.3) is 0 Å². The number of nitrogens with one attached hydrogen (secondary N) is 2. The zero-order valence-electron chi connectivity index (χ0n) is 8.07. The van der Waals surface area contributed by atoms with Crippen LogP contribution in [0.3, 0.4) is 0 Å². The van der Waals surface area contributed by atoms with Crippen LogP contribution < -0.4 is 5.32 Å². The minimum atomic E-state index is 0.824. The first kappa shape index (κ1) is 9.26. The van der Waals surface area contributed by atoms with Crippen molar-refractivity contribution < 1.29 is 0 Å². The molecule has 0 aliphatic rings. The van der Waals surface area contributed by atoms with E-state index < -0.39 is 0 Å². The van der Waals surface area contributed by atoms with Crippen LogP contribution in [-0.2, 0) is 13.0 Å². The summed E-state index contributed by atoms with van der Waals surface area (Å²) in [5.74, 6) is 1.04. The molecule has 3 heteroatoms. The molecule has 0 atom stereocenters. The molecule has 1 heterocycles. The summed E-state index contributed by atoms with van der Waals surface area (Å²) in [6, 6.07) is 0. The summed E-state index contributed by atoms with van der Waals surface area (Å²) in [6.45, 7) is 5.08. The fourth-order valence-electron chi connectivity index (χ4n) is 1.29. The Bertz CT molecular complexity index is 240. The fraction of sp³-hybridized carbons (Fsp3) is 0.667. The van der Waals surface area contributed by atoms with Gasteiger partial charge in [-0.25, -0.2) is 4.98 Å². The Morgan fingerprint density at radius 1 is 1.50 bits per heavy atom. The number of H-pyrrole nitrogens is 1. The summed E-state index contributed by atoms with van der Waals surface area (Å²) in [7, 11) is 1.93. The maximum atomic E-state index is 4.47. The van der Waals surface area contributed by atoms with E-state index in [1.54, 1.807) is 0 Å².